The van der Waals surface area contributed by atoms with Gasteiger partial charge in [-0.1, -0.05) is 23.5 Å². The average molecular weight is 346 g/mol. The molecule has 0 atom stereocenters. The summed E-state index contributed by atoms with van der Waals surface area (Å²) < 4.78 is 5.37. The van der Waals surface area contributed by atoms with E-state index in [1.54, 1.807) is 29.8 Å². The monoisotopic (exact) mass is 346 g/mol. The second-order valence-corrected chi connectivity index (χ2v) is 7.13. The van der Waals surface area contributed by atoms with Gasteiger partial charge in [-0.15, -0.1) is 11.3 Å². The van der Waals surface area contributed by atoms with Crippen LogP contribution < -0.4 is 15.4 Å². The van der Waals surface area contributed by atoms with Gasteiger partial charge in [0.2, 0.25) is 0 Å². The van der Waals surface area contributed by atoms with Crippen molar-refractivity contribution in [3.05, 3.63) is 34.8 Å². The number of aromatic nitrogens is 2. The van der Waals surface area contributed by atoms with E-state index in [-0.39, 0.29) is 0 Å². The second kappa shape index (κ2) is 6.55. The lowest BCUT2D eigenvalue weighted by Gasteiger charge is -2.07. The minimum atomic E-state index is 0.799. The van der Waals surface area contributed by atoms with E-state index in [0.29, 0.717) is 0 Å². The standard InChI is InChI=1S/C16H18N4OS2/c1-9-14(23-15(17-3)18-9)13-10(2)22-16(20-13)19-11-7-5-6-8-12(11)21-4/h5-8H,1-4H3,(H,17,18)(H,19,20). The zero-order chi connectivity index (χ0) is 16.4. The molecule has 120 valence electrons. The zero-order valence-corrected chi connectivity index (χ0v) is 15.1. The Bertz CT molecular complexity index is 825. The Labute approximate surface area is 143 Å². The number of ether oxygens (including phenoxy) is 1. The van der Waals surface area contributed by atoms with Crippen molar-refractivity contribution in [2.45, 2.75) is 13.8 Å². The molecular formula is C16H18N4OS2. The Morgan fingerprint density at radius 1 is 1.04 bits per heavy atom. The first-order valence-corrected chi connectivity index (χ1v) is 8.78. The van der Waals surface area contributed by atoms with Gasteiger partial charge in [-0.25, -0.2) is 9.97 Å². The number of anilines is 3. The Kier molecular flexibility index (Phi) is 4.49. The van der Waals surface area contributed by atoms with E-state index in [0.717, 1.165) is 42.8 Å². The molecule has 0 saturated heterocycles. The van der Waals surface area contributed by atoms with Gasteiger partial charge >= 0.3 is 0 Å². The minimum absolute atomic E-state index is 0.799. The molecule has 0 spiro atoms. The number of nitrogens with zero attached hydrogens (tertiary/aromatic N) is 2. The predicted octanol–water partition coefficient (Wildman–Crippen LogP) is 4.68. The first-order chi connectivity index (χ1) is 11.1. The SMILES string of the molecule is CNc1nc(C)c(-c2nc(Nc3ccccc3OC)sc2C)s1. The van der Waals surface area contributed by atoms with Crippen molar-refractivity contribution in [3.8, 4) is 16.3 Å². The molecule has 0 aliphatic rings. The molecule has 0 radical (unpaired) electrons. The van der Waals surface area contributed by atoms with Crippen LogP contribution in [0.3, 0.4) is 0 Å². The van der Waals surface area contributed by atoms with Crippen LogP contribution in [0.1, 0.15) is 10.6 Å². The van der Waals surface area contributed by atoms with Crippen LogP contribution in [0.25, 0.3) is 10.6 Å². The van der Waals surface area contributed by atoms with Crippen LogP contribution in [-0.2, 0) is 0 Å². The third kappa shape index (κ3) is 3.16. The van der Waals surface area contributed by atoms with Crippen LogP contribution in [0, 0.1) is 13.8 Å². The first kappa shape index (κ1) is 15.8. The van der Waals surface area contributed by atoms with Gasteiger partial charge in [0.05, 0.1) is 29.1 Å². The zero-order valence-electron chi connectivity index (χ0n) is 13.4. The molecule has 5 nitrogen and oxygen atoms in total. The highest BCUT2D eigenvalue weighted by Crippen LogP contribution is 2.38. The van der Waals surface area contributed by atoms with E-state index < -0.39 is 0 Å². The average Bonchev–Trinajstić information content (AvgIpc) is 3.10. The summed E-state index contributed by atoms with van der Waals surface area (Å²) in [5, 5.41) is 8.19. The second-order valence-electron chi connectivity index (χ2n) is 4.93. The number of thiazole rings is 2. The quantitative estimate of drug-likeness (QED) is 0.702. The summed E-state index contributed by atoms with van der Waals surface area (Å²) in [5.41, 5.74) is 2.90. The Hall–Kier alpha value is -2.12. The number of nitrogens with one attached hydrogen (secondary N) is 2. The third-order valence-corrected chi connectivity index (χ3v) is 5.44. The highest BCUT2D eigenvalue weighted by molar-refractivity contribution is 7.20. The van der Waals surface area contributed by atoms with E-state index in [1.807, 2.05) is 38.2 Å². The molecule has 2 N–H and O–H groups in total. The normalized spacial score (nSPS) is 10.6. The van der Waals surface area contributed by atoms with Crippen LogP contribution in [0.2, 0.25) is 0 Å². The van der Waals surface area contributed by atoms with E-state index in [2.05, 4.69) is 22.5 Å². The molecule has 1 aromatic carbocycles. The minimum Gasteiger partial charge on any atom is -0.495 e. The van der Waals surface area contributed by atoms with E-state index in [1.165, 1.54) is 0 Å². The van der Waals surface area contributed by atoms with Crippen LogP contribution in [-0.4, -0.2) is 24.1 Å². The van der Waals surface area contributed by atoms with E-state index in [9.17, 15) is 0 Å². The van der Waals surface area contributed by atoms with Crippen molar-refractivity contribution in [2.24, 2.45) is 0 Å². The summed E-state index contributed by atoms with van der Waals surface area (Å²) in [5.74, 6) is 0.799. The van der Waals surface area contributed by atoms with Crippen LogP contribution >= 0.6 is 22.7 Å². The summed E-state index contributed by atoms with van der Waals surface area (Å²) in [7, 11) is 3.55. The maximum atomic E-state index is 5.37. The molecule has 0 amide bonds. The van der Waals surface area contributed by atoms with Gasteiger partial charge in [-0.2, -0.15) is 0 Å². The first-order valence-electron chi connectivity index (χ1n) is 7.15. The lowest BCUT2D eigenvalue weighted by Crippen LogP contribution is -1.93. The molecule has 0 unspecified atom stereocenters. The van der Waals surface area contributed by atoms with Crippen molar-refractivity contribution in [2.75, 3.05) is 24.8 Å². The maximum absolute atomic E-state index is 5.37. The van der Waals surface area contributed by atoms with Crippen LogP contribution in [0.4, 0.5) is 16.0 Å². The number of aryl methyl sites for hydroxylation is 2. The fourth-order valence-corrected chi connectivity index (χ4v) is 4.11. The molecule has 0 aliphatic carbocycles. The van der Waals surface area contributed by atoms with E-state index >= 15 is 0 Å². The molecule has 23 heavy (non-hydrogen) atoms. The van der Waals surface area contributed by atoms with Gasteiger partial charge in [0.25, 0.3) is 0 Å². The van der Waals surface area contributed by atoms with Gasteiger partial charge in [0.1, 0.15) is 5.75 Å². The lowest BCUT2D eigenvalue weighted by atomic mass is 10.3. The number of para-hydroxylation sites is 2. The van der Waals surface area contributed by atoms with Gasteiger partial charge < -0.3 is 15.4 Å². The molecule has 3 aromatic rings. The molecule has 0 fully saturated rings. The van der Waals surface area contributed by atoms with Crippen molar-refractivity contribution in [3.63, 3.8) is 0 Å². The van der Waals surface area contributed by atoms with Crippen LogP contribution in [0.15, 0.2) is 24.3 Å². The number of benzene rings is 1. The van der Waals surface area contributed by atoms with Gasteiger partial charge in [0, 0.05) is 11.9 Å². The van der Waals surface area contributed by atoms with Gasteiger partial charge in [-0.05, 0) is 26.0 Å². The summed E-state index contributed by atoms with van der Waals surface area (Å²) >= 11 is 3.25. The summed E-state index contributed by atoms with van der Waals surface area (Å²) in [4.78, 5) is 11.5. The number of hydrogen-bond donors (Lipinski definition) is 2. The Balaban J connectivity index is 1.93. The summed E-state index contributed by atoms with van der Waals surface area (Å²) in [6.45, 7) is 4.09. The predicted molar refractivity (Wildman–Crippen MR) is 98.5 cm³/mol. The molecule has 2 heterocycles. The summed E-state index contributed by atoms with van der Waals surface area (Å²) in [6, 6.07) is 7.82. The van der Waals surface area contributed by atoms with Gasteiger partial charge in [-0.3, -0.25) is 0 Å². The topological polar surface area (TPSA) is 59.1 Å². The van der Waals surface area contributed by atoms with Crippen LogP contribution in [0.5, 0.6) is 5.75 Å². The molecule has 7 heteroatoms. The largest absolute Gasteiger partial charge is 0.495 e. The summed E-state index contributed by atoms with van der Waals surface area (Å²) in [6.07, 6.45) is 0. The lowest BCUT2D eigenvalue weighted by molar-refractivity contribution is 0.417. The highest BCUT2D eigenvalue weighted by Gasteiger charge is 2.16. The van der Waals surface area contributed by atoms with Gasteiger partial charge in [0.15, 0.2) is 10.3 Å². The molecule has 2 aromatic heterocycles. The molecule has 0 bridgehead atoms. The van der Waals surface area contributed by atoms with Crippen molar-refractivity contribution in [1.82, 2.24) is 9.97 Å². The number of hydrogen-bond acceptors (Lipinski definition) is 7. The van der Waals surface area contributed by atoms with E-state index in [4.69, 9.17) is 9.72 Å². The smallest absolute Gasteiger partial charge is 0.188 e. The molecule has 0 saturated carbocycles. The van der Waals surface area contributed by atoms with Crippen molar-refractivity contribution >= 4 is 38.6 Å². The van der Waals surface area contributed by atoms with Crippen molar-refractivity contribution < 1.29 is 4.74 Å². The fourth-order valence-electron chi connectivity index (χ4n) is 2.25. The fraction of sp³-hybridized carbons (Fsp3) is 0.250. The Morgan fingerprint density at radius 3 is 2.52 bits per heavy atom. The molecule has 0 aliphatic heterocycles. The number of methoxy groups -OCH3 is 1. The Morgan fingerprint density at radius 2 is 1.83 bits per heavy atom. The highest BCUT2D eigenvalue weighted by atomic mass is 32.1. The third-order valence-electron chi connectivity index (χ3n) is 3.37. The molecule has 3 rings (SSSR count). The maximum Gasteiger partial charge on any atom is 0.188 e. The van der Waals surface area contributed by atoms with Crippen molar-refractivity contribution in [1.29, 1.82) is 0 Å². The molecular weight excluding hydrogens is 328 g/mol. The number of rotatable bonds is 5.